The van der Waals surface area contributed by atoms with Crippen molar-refractivity contribution in [2.45, 2.75) is 69.9 Å². The van der Waals surface area contributed by atoms with Crippen molar-refractivity contribution in [2.75, 3.05) is 24.7 Å². The molecule has 4 aliphatic rings. The Bertz CT molecular complexity index is 1610. The van der Waals surface area contributed by atoms with E-state index in [-0.39, 0.29) is 32.1 Å². The molecular weight excluding hydrogens is 634 g/mol. The van der Waals surface area contributed by atoms with Crippen LogP contribution in [-0.2, 0) is 28.7 Å². The number of anilines is 1. The number of hydrogen-bond donors (Lipinski definition) is 2. The number of allylic oxidation sites excluding steroid dienone is 1. The van der Waals surface area contributed by atoms with Crippen LogP contribution in [0.4, 0.5) is 5.69 Å². The molecule has 0 aromatic heterocycles. The van der Waals surface area contributed by atoms with Gasteiger partial charge in [-0.25, -0.2) is 0 Å². The van der Waals surface area contributed by atoms with E-state index in [2.05, 4.69) is 5.32 Å². The van der Waals surface area contributed by atoms with Crippen molar-refractivity contribution in [3.8, 4) is 0 Å². The van der Waals surface area contributed by atoms with Crippen molar-refractivity contribution in [1.82, 2.24) is 10.2 Å². The monoisotopic (exact) mass is 675 g/mol. The Balaban J connectivity index is 1.48. The Hall–Kier alpha value is -3.99. The lowest BCUT2D eigenvalue weighted by atomic mass is 9.74. The lowest BCUT2D eigenvalue weighted by Crippen LogP contribution is -2.59. The predicted octanol–water partition coefficient (Wildman–Crippen LogP) is 4.29. The van der Waals surface area contributed by atoms with Crippen molar-refractivity contribution in [2.24, 2.45) is 17.8 Å². The minimum Gasteiger partial charge on any atom is -0.463 e. The van der Waals surface area contributed by atoms with E-state index in [0.29, 0.717) is 23.6 Å². The molecule has 0 radical (unpaired) electrons. The molecule has 1 spiro atoms. The van der Waals surface area contributed by atoms with E-state index in [4.69, 9.17) is 21.1 Å². The summed E-state index contributed by atoms with van der Waals surface area (Å²) in [4.78, 5) is 59.9. The van der Waals surface area contributed by atoms with E-state index in [1.807, 2.05) is 63.2 Å². The van der Waals surface area contributed by atoms with Gasteiger partial charge < -0.3 is 29.7 Å². The first-order valence-electron chi connectivity index (χ1n) is 16.6. The van der Waals surface area contributed by atoms with Gasteiger partial charge >= 0.3 is 5.97 Å². The summed E-state index contributed by atoms with van der Waals surface area (Å²) in [6, 6.07) is 12.0. The van der Waals surface area contributed by atoms with Crippen LogP contribution in [0, 0.1) is 24.7 Å². The maximum atomic E-state index is 15.1. The quantitative estimate of drug-likeness (QED) is 0.346. The number of hydrogen-bond acceptors (Lipinski definition) is 7. The number of ether oxygens (including phenoxy) is 2. The normalized spacial score (nSPS) is 30.4. The molecule has 0 unspecified atom stereocenters. The summed E-state index contributed by atoms with van der Waals surface area (Å²) in [7, 11) is 0. The Morgan fingerprint density at radius 1 is 1.04 bits per heavy atom. The fourth-order valence-electron chi connectivity index (χ4n) is 7.73. The second-order valence-corrected chi connectivity index (χ2v) is 13.8. The van der Waals surface area contributed by atoms with Crippen molar-refractivity contribution in [3.05, 3.63) is 89.0 Å². The molecule has 10 nitrogen and oxygen atoms in total. The minimum absolute atomic E-state index is 0.0933. The first kappa shape index (κ1) is 33.9. The van der Waals surface area contributed by atoms with Crippen LogP contribution in [0.1, 0.15) is 50.3 Å². The fraction of sp³-hybridized carbons (Fsp3) is 0.459. The van der Waals surface area contributed by atoms with Gasteiger partial charge in [0, 0.05) is 13.0 Å². The van der Waals surface area contributed by atoms with Crippen LogP contribution in [-0.4, -0.2) is 77.2 Å². The Morgan fingerprint density at radius 2 is 1.81 bits per heavy atom. The number of benzene rings is 2. The van der Waals surface area contributed by atoms with Gasteiger partial charge in [-0.3, -0.25) is 19.2 Å². The Kier molecular flexibility index (Phi) is 9.79. The van der Waals surface area contributed by atoms with Gasteiger partial charge in [-0.05, 0) is 42.9 Å². The first-order chi connectivity index (χ1) is 23.1. The number of esters is 1. The molecule has 4 heterocycles. The Morgan fingerprint density at radius 3 is 2.52 bits per heavy atom. The number of aliphatic hydroxyl groups is 1. The summed E-state index contributed by atoms with van der Waals surface area (Å²) >= 11 is 6.74. The number of fused-ring (bicyclic) bond motifs is 2. The SMILES string of the molecule is Cc1cccc(Cl)c1N1C/C=C\CCC(=O)OC[C@H](c2ccccc2)NC(=O)[C@@H]2[C@H]3C(=O)N([C@@H](CO)CC(C)C)[C@H](C1=O)[C@]31C=C[C@H]2O1. The molecule has 2 N–H and O–H groups in total. The molecule has 2 saturated heterocycles. The highest BCUT2D eigenvalue weighted by atomic mass is 35.5. The number of carbonyl (C=O) groups excluding carboxylic acids is 4. The molecule has 5 bridgehead atoms. The minimum atomic E-state index is -1.45. The average molecular weight is 676 g/mol. The van der Waals surface area contributed by atoms with Crippen LogP contribution < -0.4 is 10.2 Å². The largest absolute Gasteiger partial charge is 0.463 e. The predicted molar refractivity (Wildman–Crippen MR) is 180 cm³/mol. The van der Waals surface area contributed by atoms with Crippen molar-refractivity contribution < 1.29 is 33.8 Å². The molecular formula is C37H42ClN3O7. The lowest BCUT2D eigenvalue weighted by molar-refractivity contribution is -0.146. The number of halogens is 1. The number of nitrogens with one attached hydrogen (secondary N) is 1. The van der Waals surface area contributed by atoms with Gasteiger partial charge in [0.05, 0.1) is 47.3 Å². The summed E-state index contributed by atoms with van der Waals surface area (Å²) in [5.41, 5.74) is 0.520. The van der Waals surface area contributed by atoms with Gasteiger partial charge in [0.1, 0.15) is 18.2 Å². The van der Waals surface area contributed by atoms with E-state index >= 15 is 4.79 Å². The third kappa shape index (κ3) is 6.06. The van der Waals surface area contributed by atoms with E-state index in [1.165, 1.54) is 4.90 Å². The number of aliphatic hydroxyl groups excluding tert-OH is 1. The van der Waals surface area contributed by atoms with E-state index < -0.39 is 65.4 Å². The number of para-hydroxylation sites is 1. The molecule has 2 aromatic carbocycles. The summed E-state index contributed by atoms with van der Waals surface area (Å²) in [6.07, 6.45) is 7.26. The first-order valence-corrected chi connectivity index (χ1v) is 17.0. The summed E-state index contributed by atoms with van der Waals surface area (Å²) in [5, 5.41) is 14.1. The standard InChI is InChI=1S/C37H42ClN3O7/c1-22(2)19-25(20-42)41-33-36(46)40(32-23(3)11-10-14-26(32)38)18-9-5-8-15-29(43)47-21-27(24-12-6-4-7-13-24)39-34(44)30-28-16-17-37(33,48-28)31(30)35(41)45/h4-7,9-14,16-17,22,25,27-28,30-31,33,42H,8,15,18-21H2,1-3H3,(H,39,44)/b9-5-/t25-,27-,28-,30+,31+,33-,37+/m1/s1. The number of rotatable bonds is 6. The lowest BCUT2D eigenvalue weighted by Gasteiger charge is -2.39. The zero-order valence-corrected chi connectivity index (χ0v) is 28.1. The van der Waals surface area contributed by atoms with Crippen LogP contribution >= 0.6 is 11.6 Å². The fourth-order valence-corrected chi connectivity index (χ4v) is 8.05. The highest BCUT2D eigenvalue weighted by molar-refractivity contribution is 6.34. The summed E-state index contributed by atoms with van der Waals surface area (Å²) in [5.74, 6) is -3.63. The van der Waals surface area contributed by atoms with Gasteiger partial charge in [0.2, 0.25) is 11.8 Å². The molecule has 0 saturated carbocycles. The van der Waals surface area contributed by atoms with Gasteiger partial charge in [-0.1, -0.05) is 92.2 Å². The van der Waals surface area contributed by atoms with Crippen LogP contribution in [0.15, 0.2) is 72.8 Å². The third-order valence-corrected chi connectivity index (χ3v) is 10.1. The van der Waals surface area contributed by atoms with E-state index in [1.54, 1.807) is 35.3 Å². The zero-order chi connectivity index (χ0) is 34.2. The maximum absolute atomic E-state index is 15.1. The number of likely N-dealkylation sites (tertiary alicyclic amines) is 1. The third-order valence-electron chi connectivity index (χ3n) is 9.82. The van der Waals surface area contributed by atoms with Crippen LogP contribution in [0.25, 0.3) is 0 Å². The van der Waals surface area contributed by atoms with Gasteiger partial charge in [0.25, 0.3) is 5.91 Å². The molecule has 4 aliphatic heterocycles. The summed E-state index contributed by atoms with van der Waals surface area (Å²) < 4.78 is 12.2. The van der Waals surface area contributed by atoms with Crippen LogP contribution in [0.2, 0.25) is 5.02 Å². The number of aryl methyl sites for hydroxylation is 1. The van der Waals surface area contributed by atoms with Gasteiger partial charge in [0.15, 0.2) is 0 Å². The molecule has 0 aliphatic carbocycles. The number of amides is 3. The smallest absolute Gasteiger partial charge is 0.306 e. The number of cyclic esters (lactones) is 1. The van der Waals surface area contributed by atoms with Crippen molar-refractivity contribution in [1.29, 1.82) is 0 Å². The number of carbonyl (C=O) groups is 4. The van der Waals surface area contributed by atoms with Gasteiger partial charge in [-0.2, -0.15) is 0 Å². The number of nitrogens with zero attached hydrogens (tertiary/aromatic N) is 2. The van der Waals surface area contributed by atoms with E-state index in [9.17, 15) is 19.5 Å². The highest BCUT2D eigenvalue weighted by Crippen LogP contribution is 2.56. The molecule has 7 atom stereocenters. The highest BCUT2D eigenvalue weighted by Gasteiger charge is 2.74. The molecule has 2 aromatic rings. The molecule has 254 valence electrons. The van der Waals surface area contributed by atoms with Crippen molar-refractivity contribution >= 4 is 41.0 Å². The Labute approximate surface area is 285 Å². The topological polar surface area (TPSA) is 125 Å². The second kappa shape index (κ2) is 13.9. The maximum Gasteiger partial charge on any atom is 0.306 e. The molecule has 11 heteroatoms. The molecule has 6 rings (SSSR count). The molecule has 48 heavy (non-hydrogen) atoms. The molecule has 3 amide bonds. The van der Waals surface area contributed by atoms with Crippen molar-refractivity contribution in [3.63, 3.8) is 0 Å². The van der Waals surface area contributed by atoms with Crippen LogP contribution in [0.5, 0.6) is 0 Å². The van der Waals surface area contributed by atoms with Gasteiger partial charge in [-0.15, -0.1) is 0 Å². The van der Waals surface area contributed by atoms with Crippen LogP contribution in [0.3, 0.4) is 0 Å². The summed E-state index contributed by atoms with van der Waals surface area (Å²) in [6.45, 7) is 5.46. The average Bonchev–Trinajstić information content (AvgIpc) is 3.71. The van der Waals surface area contributed by atoms with E-state index in [0.717, 1.165) is 11.1 Å². The molecule has 2 fully saturated rings. The second-order valence-electron chi connectivity index (χ2n) is 13.4. The zero-order valence-electron chi connectivity index (χ0n) is 27.4.